The van der Waals surface area contributed by atoms with Gasteiger partial charge in [-0.15, -0.1) is 0 Å². The van der Waals surface area contributed by atoms with Crippen molar-refractivity contribution in [3.63, 3.8) is 0 Å². The molecule has 16 heavy (non-hydrogen) atoms. The van der Waals surface area contributed by atoms with Gasteiger partial charge in [0.2, 0.25) is 0 Å². The van der Waals surface area contributed by atoms with Crippen molar-refractivity contribution in [3.05, 3.63) is 34.3 Å². The molecular weight excluding hydrogens is 383 g/mol. The van der Waals surface area contributed by atoms with Crippen LogP contribution < -0.4 is 0 Å². The number of hydrogen-bond acceptors (Lipinski definition) is 2. The van der Waals surface area contributed by atoms with Gasteiger partial charge in [0.25, 0.3) is 0 Å². The summed E-state index contributed by atoms with van der Waals surface area (Å²) in [6.07, 6.45) is 2.87. The second-order valence-corrected chi connectivity index (χ2v) is 5.93. The fourth-order valence-electron chi connectivity index (χ4n) is 1.38. The van der Waals surface area contributed by atoms with E-state index in [2.05, 4.69) is 55.4 Å². The van der Waals surface area contributed by atoms with Crippen molar-refractivity contribution in [2.45, 2.75) is 23.2 Å². The first-order chi connectivity index (χ1) is 7.63. The van der Waals surface area contributed by atoms with Crippen LogP contribution in [0.4, 0.5) is 0 Å². The van der Waals surface area contributed by atoms with Crippen LogP contribution in [0.1, 0.15) is 18.4 Å². The third kappa shape index (κ3) is 4.82. The molecule has 0 aliphatic rings. The smallest absolute Gasteiger partial charge is 0.318 e. The summed E-state index contributed by atoms with van der Waals surface area (Å²) in [5, 5.41) is 0. The molecule has 0 aliphatic heterocycles. The zero-order chi connectivity index (χ0) is 12.0. The van der Waals surface area contributed by atoms with E-state index in [1.165, 1.54) is 12.7 Å². The number of halogens is 2. The van der Waals surface area contributed by atoms with Crippen molar-refractivity contribution in [2.75, 3.05) is 7.11 Å². The molecule has 1 atom stereocenters. The molecule has 1 aromatic rings. The summed E-state index contributed by atoms with van der Waals surface area (Å²) in [5.74, 6) is -0.128. The van der Waals surface area contributed by atoms with Gasteiger partial charge in [-0.05, 0) is 37.0 Å². The lowest BCUT2D eigenvalue weighted by atomic mass is 10.1. The molecule has 0 aromatic heterocycles. The fourth-order valence-corrected chi connectivity index (χ4v) is 2.34. The second kappa shape index (κ2) is 7.27. The van der Waals surface area contributed by atoms with E-state index in [4.69, 9.17) is 0 Å². The van der Waals surface area contributed by atoms with E-state index >= 15 is 0 Å². The molecule has 0 saturated carbocycles. The molecule has 0 aliphatic carbocycles. The average molecular weight is 397 g/mol. The molecule has 0 N–H and O–H groups in total. The Hall–Kier alpha value is -0.100. The number of methoxy groups -OCH3 is 1. The predicted molar refractivity (Wildman–Crippen MR) is 76.9 cm³/mol. The van der Waals surface area contributed by atoms with Gasteiger partial charge in [-0.25, -0.2) is 0 Å². The van der Waals surface area contributed by atoms with Crippen LogP contribution in [-0.4, -0.2) is 17.0 Å². The minimum absolute atomic E-state index is 0.0296. The van der Waals surface area contributed by atoms with E-state index in [-0.39, 0.29) is 9.89 Å². The molecule has 4 heteroatoms. The highest BCUT2D eigenvalue weighted by Crippen LogP contribution is 2.15. The molecule has 1 aromatic carbocycles. The molecule has 0 saturated heterocycles. The van der Waals surface area contributed by atoms with Crippen LogP contribution >= 0.6 is 38.5 Å². The Balaban J connectivity index is 2.30. The van der Waals surface area contributed by atoms with Crippen molar-refractivity contribution in [1.29, 1.82) is 0 Å². The van der Waals surface area contributed by atoms with Crippen LogP contribution in [0.3, 0.4) is 0 Å². The molecule has 88 valence electrons. The molecule has 2 nitrogen and oxygen atoms in total. The van der Waals surface area contributed by atoms with Crippen molar-refractivity contribution >= 4 is 44.5 Å². The summed E-state index contributed by atoms with van der Waals surface area (Å²) in [6.45, 7) is 0. The third-order valence-electron chi connectivity index (χ3n) is 2.29. The highest BCUT2D eigenvalue weighted by atomic mass is 127. The molecule has 0 bridgehead atoms. The summed E-state index contributed by atoms with van der Waals surface area (Å²) >= 11 is 5.54. The van der Waals surface area contributed by atoms with Gasteiger partial charge in [0.15, 0.2) is 0 Å². The Morgan fingerprint density at radius 1 is 1.44 bits per heavy atom. The minimum Gasteiger partial charge on any atom is -0.468 e. The Morgan fingerprint density at radius 3 is 2.62 bits per heavy atom. The number of ether oxygens (including phenoxy) is 1. The van der Waals surface area contributed by atoms with Crippen LogP contribution in [0.2, 0.25) is 0 Å². The van der Waals surface area contributed by atoms with E-state index in [1.54, 1.807) is 0 Å². The highest BCUT2D eigenvalue weighted by molar-refractivity contribution is 14.1. The summed E-state index contributed by atoms with van der Waals surface area (Å²) in [5.41, 5.74) is 1.30. The van der Waals surface area contributed by atoms with Gasteiger partial charge >= 0.3 is 5.97 Å². The van der Waals surface area contributed by atoms with Crippen molar-refractivity contribution in [1.82, 2.24) is 0 Å². The molecule has 0 amide bonds. The number of aryl methyl sites for hydroxylation is 1. The molecular formula is C12H14BrIO2. The maximum absolute atomic E-state index is 11.2. The zero-order valence-corrected chi connectivity index (χ0v) is 12.8. The molecule has 0 fully saturated rings. The van der Waals surface area contributed by atoms with Gasteiger partial charge in [-0.1, -0.05) is 50.7 Å². The largest absolute Gasteiger partial charge is 0.468 e. The van der Waals surface area contributed by atoms with Gasteiger partial charge in [0.05, 0.1) is 7.11 Å². The Morgan fingerprint density at radius 2 is 2.06 bits per heavy atom. The molecule has 0 heterocycles. The predicted octanol–water partition coefficient (Wildman–Crippen LogP) is 3.75. The lowest BCUT2D eigenvalue weighted by molar-refractivity contribution is -0.139. The summed E-state index contributed by atoms with van der Waals surface area (Å²) < 4.78 is 5.74. The minimum atomic E-state index is -0.128. The standard InChI is InChI=1S/C12H14BrIO2/c1-16-12(15)11(14)4-2-3-9-5-7-10(13)8-6-9/h5-8,11H,2-4H2,1H3. The molecule has 1 unspecified atom stereocenters. The molecule has 0 spiro atoms. The first-order valence-corrected chi connectivity index (χ1v) is 7.13. The van der Waals surface area contributed by atoms with Crippen LogP contribution in [0.5, 0.6) is 0 Å². The van der Waals surface area contributed by atoms with Gasteiger partial charge in [-0.3, -0.25) is 4.79 Å². The number of carbonyl (C=O) groups excluding carboxylic acids is 1. The Labute approximate surface area is 118 Å². The SMILES string of the molecule is COC(=O)C(I)CCCc1ccc(Br)cc1. The highest BCUT2D eigenvalue weighted by Gasteiger charge is 2.13. The van der Waals surface area contributed by atoms with Gasteiger partial charge in [0.1, 0.15) is 3.92 Å². The van der Waals surface area contributed by atoms with E-state index in [1.807, 2.05) is 12.1 Å². The summed E-state index contributed by atoms with van der Waals surface area (Å²) in [6, 6.07) is 8.28. The normalized spacial score (nSPS) is 12.2. The third-order valence-corrected chi connectivity index (χ3v) is 3.95. The molecule has 1 rings (SSSR count). The van der Waals surface area contributed by atoms with E-state index in [0.717, 1.165) is 23.7 Å². The van der Waals surface area contributed by atoms with E-state index in [9.17, 15) is 4.79 Å². The number of hydrogen-bond donors (Lipinski definition) is 0. The first-order valence-electron chi connectivity index (χ1n) is 5.10. The van der Waals surface area contributed by atoms with Gasteiger partial charge in [0, 0.05) is 4.47 Å². The Kier molecular flexibility index (Phi) is 6.34. The summed E-state index contributed by atoms with van der Waals surface area (Å²) in [7, 11) is 1.43. The number of rotatable bonds is 5. The van der Waals surface area contributed by atoms with Crippen molar-refractivity contribution in [3.8, 4) is 0 Å². The van der Waals surface area contributed by atoms with Crippen LogP contribution in [0, 0.1) is 0 Å². The number of carbonyl (C=O) groups is 1. The molecule has 0 radical (unpaired) electrons. The Bertz CT molecular complexity index is 337. The van der Waals surface area contributed by atoms with Crippen LogP contribution in [-0.2, 0) is 16.0 Å². The van der Waals surface area contributed by atoms with Crippen molar-refractivity contribution < 1.29 is 9.53 Å². The average Bonchev–Trinajstić information content (AvgIpc) is 2.30. The second-order valence-electron chi connectivity index (χ2n) is 3.51. The number of alkyl halides is 1. The first kappa shape index (κ1) is 14.0. The number of benzene rings is 1. The maximum Gasteiger partial charge on any atom is 0.318 e. The van der Waals surface area contributed by atoms with Crippen LogP contribution in [0.25, 0.3) is 0 Å². The van der Waals surface area contributed by atoms with Crippen molar-refractivity contribution in [2.24, 2.45) is 0 Å². The topological polar surface area (TPSA) is 26.3 Å². The monoisotopic (exact) mass is 396 g/mol. The quantitative estimate of drug-likeness (QED) is 0.430. The van der Waals surface area contributed by atoms with Crippen LogP contribution in [0.15, 0.2) is 28.7 Å². The van der Waals surface area contributed by atoms with Gasteiger partial charge < -0.3 is 4.74 Å². The zero-order valence-electron chi connectivity index (χ0n) is 9.08. The summed E-state index contributed by atoms with van der Waals surface area (Å²) in [4.78, 5) is 11.2. The lowest BCUT2D eigenvalue weighted by Gasteiger charge is -2.07. The fraction of sp³-hybridized carbons (Fsp3) is 0.417. The number of esters is 1. The maximum atomic E-state index is 11.2. The lowest BCUT2D eigenvalue weighted by Crippen LogP contribution is -2.15. The van der Waals surface area contributed by atoms with E-state index in [0.29, 0.717) is 0 Å². The van der Waals surface area contributed by atoms with E-state index < -0.39 is 0 Å². The van der Waals surface area contributed by atoms with Gasteiger partial charge in [-0.2, -0.15) is 0 Å².